The van der Waals surface area contributed by atoms with Crippen molar-refractivity contribution in [2.24, 2.45) is 0 Å². The summed E-state index contributed by atoms with van der Waals surface area (Å²) in [5.74, 6) is -0.517. The minimum Gasteiger partial charge on any atom is -0.508 e. The monoisotopic (exact) mass is 474 g/mol. The van der Waals surface area contributed by atoms with E-state index in [1.165, 1.54) is 13.2 Å². The first-order valence-electron chi connectivity index (χ1n) is 11.8. The molecule has 1 saturated heterocycles. The van der Waals surface area contributed by atoms with Crippen LogP contribution in [0.1, 0.15) is 34.0 Å². The second-order valence-electron chi connectivity index (χ2n) is 8.54. The van der Waals surface area contributed by atoms with Crippen LogP contribution >= 0.6 is 0 Å². The van der Waals surface area contributed by atoms with E-state index in [9.17, 15) is 19.8 Å². The van der Waals surface area contributed by atoms with Crippen molar-refractivity contribution in [1.82, 2.24) is 4.90 Å². The molecule has 0 unspecified atom stereocenters. The molecule has 1 amide bonds. The molecule has 4 rings (SSSR count). The average Bonchev–Trinajstić information content (AvgIpc) is 2.89. The number of phenols is 2. The molecule has 0 bridgehead atoms. The van der Waals surface area contributed by atoms with Crippen molar-refractivity contribution in [2.75, 3.05) is 38.2 Å². The van der Waals surface area contributed by atoms with E-state index in [4.69, 9.17) is 4.74 Å². The quantitative estimate of drug-likeness (QED) is 0.507. The second kappa shape index (κ2) is 10.5. The zero-order valence-corrected chi connectivity index (χ0v) is 20.0. The molecule has 0 aromatic heterocycles. The lowest BCUT2D eigenvalue weighted by Gasteiger charge is -2.36. The summed E-state index contributed by atoms with van der Waals surface area (Å²) >= 11 is 0. The van der Waals surface area contributed by atoms with Crippen LogP contribution < -0.4 is 9.64 Å². The smallest absolute Gasteiger partial charge is 0.227 e. The van der Waals surface area contributed by atoms with Gasteiger partial charge in [0.05, 0.1) is 19.1 Å². The van der Waals surface area contributed by atoms with Gasteiger partial charge in [-0.15, -0.1) is 0 Å². The average molecular weight is 475 g/mol. The van der Waals surface area contributed by atoms with Gasteiger partial charge in [0.15, 0.2) is 5.78 Å². The summed E-state index contributed by atoms with van der Waals surface area (Å²) in [5.41, 5.74) is 2.36. The zero-order valence-electron chi connectivity index (χ0n) is 20.0. The zero-order chi connectivity index (χ0) is 24.9. The number of hydrogen-bond acceptors (Lipinski definition) is 6. The van der Waals surface area contributed by atoms with Crippen LogP contribution in [0.4, 0.5) is 5.69 Å². The summed E-state index contributed by atoms with van der Waals surface area (Å²) in [6.07, 6.45) is 0.330. The van der Waals surface area contributed by atoms with Crippen LogP contribution in [0.2, 0.25) is 0 Å². The molecule has 0 saturated carbocycles. The highest BCUT2D eigenvalue weighted by molar-refractivity contribution is 6.12. The highest BCUT2D eigenvalue weighted by atomic mass is 16.5. The van der Waals surface area contributed by atoms with Gasteiger partial charge in [-0.25, -0.2) is 0 Å². The van der Waals surface area contributed by atoms with E-state index >= 15 is 0 Å². The van der Waals surface area contributed by atoms with Gasteiger partial charge in [-0.3, -0.25) is 9.59 Å². The summed E-state index contributed by atoms with van der Waals surface area (Å²) in [4.78, 5) is 30.8. The third-order valence-electron chi connectivity index (χ3n) is 6.50. The third kappa shape index (κ3) is 5.09. The summed E-state index contributed by atoms with van der Waals surface area (Å²) in [6, 6.07) is 17.9. The number of piperazine rings is 1. The number of amides is 1. The summed E-state index contributed by atoms with van der Waals surface area (Å²) in [6.45, 7) is 4.37. The molecule has 2 N–H and O–H groups in total. The summed E-state index contributed by atoms with van der Waals surface area (Å²) < 4.78 is 5.23. The maximum absolute atomic E-state index is 13.5. The van der Waals surface area contributed by atoms with Crippen molar-refractivity contribution in [3.8, 4) is 17.2 Å². The predicted octanol–water partition coefficient (Wildman–Crippen LogP) is 3.79. The number of ketones is 1. The van der Waals surface area contributed by atoms with Crippen LogP contribution in [0.15, 0.2) is 60.7 Å². The first kappa shape index (κ1) is 24.1. The van der Waals surface area contributed by atoms with Gasteiger partial charge in [-0.2, -0.15) is 0 Å². The Balaban J connectivity index is 1.60. The molecule has 1 heterocycles. The van der Waals surface area contributed by atoms with Crippen molar-refractivity contribution < 1.29 is 24.5 Å². The SMILES string of the molecule is CCc1c(O)cc(O)c(C(=O)c2cccc(OC)c2)c1CC(=O)N1CCN(c2ccccc2)CC1. The van der Waals surface area contributed by atoms with Crippen molar-refractivity contribution in [2.45, 2.75) is 19.8 Å². The number of nitrogens with zero attached hydrogens (tertiary/aromatic N) is 2. The topological polar surface area (TPSA) is 90.3 Å². The van der Waals surface area contributed by atoms with E-state index in [-0.39, 0.29) is 29.4 Å². The maximum Gasteiger partial charge on any atom is 0.227 e. The molecule has 0 radical (unpaired) electrons. The van der Waals surface area contributed by atoms with E-state index in [1.54, 1.807) is 29.2 Å². The number of benzene rings is 3. The third-order valence-corrected chi connectivity index (χ3v) is 6.50. The van der Waals surface area contributed by atoms with Gasteiger partial charge in [-0.05, 0) is 41.8 Å². The Kier molecular flexibility index (Phi) is 7.25. The fourth-order valence-electron chi connectivity index (χ4n) is 4.62. The molecule has 182 valence electrons. The Labute approximate surface area is 205 Å². The highest BCUT2D eigenvalue weighted by Crippen LogP contribution is 2.35. The molecule has 0 atom stereocenters. The number of carbonyl (C=O) groups is 2. The molecule has 1 aliphatic heterocycles. The largest absolute Gasteiger partial charge is 0.508 e. The lowest BCUT2D eigenvalue weighted by atomic mass is 9.89. The standard InChI is InChI=1S/C28H30N2O5/c1-3-22-23(17-26(33)30-14-12-29(13-15-30)20-9-5-4-6-10-20)27(25(32)18-24(22)31)28(34)19-8-7-11-21(16-19)35-2/h4-11,16,18,31-32H,3,12-15,17H2,1-2H3. The lowest BCUT2D eigenvalue weighted by Crippen LogP contribution is -2.49. The number of rotatable bonds is 7. The lowest BCUT2D eigenvalue weighted by molar-refractivity contribution is -0.130. The van der Waals surface area contributed by atoms with Crippen molar-refractivity contribution in [3.05, 3.63) is 82.9 Å². The van der Waals surface area contributed by atoms with Gasteiger partial charge in [0.2, 0.25) is 5.91 Å². The Hall–Kier alpha value is -4.00. The number of ether oxygens (including phenoxy) is 1. The Morgan fingerprint density at radius 2 is 1.60 bits per heavy atom. The van der Waals surface area contributed by atoms with Crippen molar-refractivity contribution >= 4 is 17.4 Å². The van der Waals surface area contributed by atoms with E-state index in [0.717, 1.165) is 5.69 Å². The van der Waals surface area contributed by atoms with Crippen LogP contribution in [0, 0.1) is 0 Å². The van der Waals surface area contributed by atoms with Gasteiger partial charge < -0.3 is 24.7 Å². The Morgan fingerprint density at radius 3 is 2.26 bits per heavy atom. The van der Waals surface area contributed by atoms with Crippen LogP contribution in [-0.2, 0) is 17.6 Å². The number of aromatic hydroxyl groups is 2. The van der Waals surface area contributed by atoms with Crippen LogP contribution in [0.5, 0.6) is 17.2 Å². The van der Waals surface area contributed by atoms with Gasteiger partial charge in [0.25, 0.3) is 0 Å². The van der Waals surface area contributed by atoms with Crippen LogP contribution in [0.3, 0.4) is 0 Å². The molecular formula is C28H30N2O5. The second-order valence-corrected chi connectivity index (χ2v) is 8.54. The molecule has 1 aliphatic rings. The number of anilines is 1. The van der Waals surface area contributed by atoms with Gasteiger partial charge >= 0.3 is 0 Å². The van der Waals surface area contributed by atoms with E-state index < -0.39 is 5.78 Å². The molecule has 3 aromatic rings. The van der Waals surface area contributed by atoms with Crippen LogP contribution in [0.25, 0.3) is 0 Å². The molecule has 1 fully saturated rings. The molecular weight excluding hydrogens is 444 g/mol. The number of carbonyl (C=O) groups excluding carboxylic acids is 2. The number of hydrogen-bond donors (Lipinski definition) is 2. The van der Waals surface area contributed by atoms with Gasteiger partial charge in [0.1, 0.15) is 17.2 Å². The molecule has 3 aromatic carbocycles. The van der Waals surface area contributed by atoms with Crippen molar-refractivity contribution in [3.63, 3.8) is 0 Å². The minimum atomic E-state index is -0.423. The number of methoxy groups -OCH3 is 1. The van der Waals surface area contributed by atoms with Gasteiger partial charge in [-0.1, -0.05) is 37.3 Å². The van der Waals surface area contributed by atoms with E-state index in [0.29, 0.717) is 55.0 Å². The fraction of sp³-hybridized carbons (Fsp3) is 0.286. The number of para-hydroxylation sites is 1. The van der Waals surface area contributed by atoms with E-state index in [1.807, 2.05) is 25.1 Å². The first-order valence-corrected chi connectivity index (χ1v) is 11.8. The van der Waals surface area contributed by atoms with E-state index in [2.05, 4.69) is 17.0 Å². The molecule has 7 nitrogen and oxygen atoms in total. The normalized spacial score (nSPS) is 13.5. The molecule has 35 heavy (non-hydrogen) atoms. The molecule has 0 spiro atoms. The Bertz CT molecular complexity index is 1220. The summed E-state index contributed by atoms with van der Waals surface area (Å²) in [7, 11) is 1.51. The predicted molar refractivity (Wildman–Crippen MR) is 135 cm³/mol. The summed E-state index contributed by atoms with van der Waals surface area (Å²) in [5, 5.41) is 21.2. The molecule has 0 aliphatic carbocycles. The highest BCUT2D eigenvalue weighted by Gasteiger charge is 2.28. The maximum atomic E-state index is 13.5. The minimum absolute atomic E-state index is 0.0455. The van der Waals surface area contributed by atoms with Crippen molar-refractivity contribution in [1.29, 1.82) is 0 Å². The number of phenolic OH excluding ortho intramolecular Hbond substituents is 2. The van der Waals surface area contributed by atoms with Crippen LogP contribution in [-0.4, -0.2) is 60.1 Å². The molecule has 7 heteroatoms. The fourth-order valence-corrected chi connectivity index (χ4v) is 4.62. The van der Waals surface area contributed by atoms with Gasteiger partial charge in [0, 0.05) is 43.5 Å². The Morgan fingerprint density at radius 1 is 0.886 bits per heavy atom. The first-order chi connectivity index (χ1) is 16.9.